The van der Waals surface area contributed by atoms with Crippen molar-refractivity contribution in [2.75, 3.05) is 62.8 Å². The maximum Gasteiger partial charge on any atom is 0.296 e. The molecule has 2 aliphatic heterocycles. The molecule has 18 heteroatoms. The first kappa shape index (κ1) is 42.7. The molecule has 63 heavy (non-hydrogen) atoms. The van der Waals surface area contributed by atoms with Crippen LogP contribution in [0.4, 0.5) is 21.5 Å². The van der Waals surface area contributed by atoms with E-state index < -0.39 is 49.0 Å². The van der Waals surface area contributed by atoms with E-state index >= 15 is 4.39 Å². The molecule has 0 bridgehead atoms. The van der Waals surface area contributed by atoms with Crippen LogP contribution >= 0.6 is 11.6 Å². The molecule has 3 aromatic carbocycles. The quantitative estimate of drug-likeness (QED) is 0.0768. The maximum absolute atomic E-state index is 15.5. The number of rotatable bonds is 13. The molecule has 330 valence electrons. The van der Waals surface area contributed by atoms with E-state index in [2.05, 4.69) is 44.1 Å². The number of carbonyl (C=O) groups excluding carboxylic acids is 1. The molecule has 0 radical (unpaired) electrons. The summed E-state index contributed by atoms with van der Waals surface area (Å²) in [7, 11) is -4.85. The molecule has 1 spiro atoms. The van der Waals surface area contributed by atoms with Gasteiger partial charge in [-0.25, -0.2) is 22.5 Å². The number of aromatic nitrogens is 2. The summed E-state index contributed by atoms with van der Waals surface area (Å²) in [6.45, 7) is 6.13. The average molecular weight is 900 g/mol. The first-order valence-electron chi connectivity index (χ1n) is 21.0. The van der Waals surface area contributed by atoms with Gasteiger partial charge in [-0.3, -0.25) is 19.8 Å². The molecule has 9 rings (SSSR count). The number of anilines is 2. The fourth-order valence-electron chi connectivity index (χ4n) is 8.91. The van der Waals surface area contributed by atoms with E-state index in [1.807, 2.05) is 22.9 Å². The van der Waals surface area contributed by atoms with Gasteiger partial charge in [-0.05, 0) is 98.0 Å². The van der Waals surface area contributed by atoms with Crippen molar-refractivity contribution in [3.8, 4) is 11.5 Å². The zero-order chi connectivity index (χ0) is 43.9. The number of hydrogen-bond acceptors (Lipinski definition) is 12. The van der Waals surface area contributed by atoms with Gasteiger partial charge in [0.05, 0.1) is 47.5 Å². The van der Waals surface area contributed by atoms with Crippen molar-refractivity contribution in [2.24, 2.45) is 5.41 Å². The lowest BCUT2D eigenvalue weighted by Crippen LogP contribution is -2.52. The molecule has 1 saturated carbocycles. The number of halogens is 2. The molecular formula is C45H47ClFN7O8S. The van der Waals surface area contributed by atoms with Gasteiger partial charge in [0.15, 0.2) is 5.82 Å². The van der Waals surface area contributed by atoms with Crippen LogP contribution in [0, 0.1) is 21.3 Å². The van der Waals surface area contributed by atoms with E-state index in [9.17, 15) is 23.3 Å². The predicted molar refractivity (Wildman–Crippen MR) is 237 cm³/mol. The lowest BCUT2D eigenvalue weighted by atomic mass is 9.78. The van der Waals surface area contributed by atoms with Crippen LogP contribution in [0.5, 0.6) is 11.5 Å². The number of amides is 1. The molecule has 2 saturated heterocycles. The smallest absolute Gasteiger partial charge is 0.296 e. The molecular weight excluding hydrogens is 853 g/mol. The van der Waals surface area contributed by atoms with Gasteiger partial charge in [0.25, 0.3) is 21.6 Å². The van der Waals surface area contributed by atoms with Crippen LogP contribution < -0.4 is 19.7 Å². The number of hydrogen-bond donors (Lipinski definition) is 3. The summed E-state index contributed by atoms with van der Waals surface area (Å²) in [4.78, 5) is 36.4. The lowest BCUT2D eigenvalue weighted by Gasteiger charge is -2.42. The highest BCUT2D eigenvalue weighted by Crippen LogP contribution is 2.58. The molecule has 15 nitrogen and oxygen atoms in total. The van der Waals surface area contributed by atoms with E-state index in [-0.39, 0.29) is 30.5 Å². The van der Waals surface area contributed by atoms with Crippen LogP contribution in [-0.4, -0.2) is 98.8 Å². The standard InChI is InChI=1S/C45H47ClFN7O8S/c1-28-25-53(15-14-52(28)26-31-22-45(11-12-45)10-8-37(31)29-2-4-32(46)5-3-29)33-6-7-38(41(19-33)62-34-18-30-9-13-48-43(30)50-23-34)44(55)51-63(58,59)36-20-39(47)42(40(21-36)54(56)57)49-24-35-27-60-16-17-61-35/h2-7,9,13,18-21,23,28,35,49H,8,10-12,14-17,22,24-27H2,1H3,(H,48,50)(H,51,55). The number of aromatic amines is 1. The summed E-state index contributed by atoms with van der Waals surface area (Å²) in [5, 5.41) is 16.2. The van der Waals surface area contributed by atoms with Crippen molar-refractivity contribution >= 4 is 61.2 Å². The lowest BCUT2D eigenvalue weighted by molar-refractivity contribution is -0.384. The molecule has 2 aromatic heterocycles. The Labute approximate surface area is 368 Å². The van der Waals surface area contributed by atoms with Gasteiger partial charge in [-0.2, -0.15) is 0 Å². The first-order chi connectivity index (χ1) is 30.3. The average Bonchev–Trinajstić information content (AvgIpc) is 3.84. The zero-order valence-electron chi connectivity index (χ0n) is 34.6. The van der Waals surface area contributed by atoms with Crippen molar-refractivity contribution in [3.05, 3.63) is 117 Å². The summed E-state index contributed by atoms with van der Waals surface area (Å²) < 4.78 is 61.9. The predicted octanol–water partition coefficient (Wildman–Crippen LogP) is 7.93. The third-order valence-electron chi connectivity index (χ3n) is 12.6. The monoisotopic (exact) mass is 899 g/mol. The number of fused-ring (bicyclic) bond motifs is 1. The SMILES string of the molecule is CC1CN(c2ccc(C(=O)NS(=O)(=O)c3cc(F)c(NCC4COCCO4)c([N+](=O)[O-])c3)c(Oc3cnc4[nH]ccc4c3)c2)CCN1CC1=C(c2ccc(Cl)cc2)CCC2(CC2)C1. The van der Waals surface area contributed by atoms with Crippen LogP contribution in [0.15, 0.2) is 89.6 Å². The molecule has 3 N–H and O–H groups in total. The number of sulfonamides is 1. The summed E-state index contributed by atoms with van der Waals surface area (Å²) in [6.07, 6.45) is 8.69. The van der Waals surface area contributed by atoms with Gasteiger partial charge >= 0.3 is 0 Å². The van der Waals surface area contributed by atoms with E-state index in [0.29, 0.717) is 55.2 Å². The summed E-state index contributed by atoms with van der Waals surface area (Å²) in [6, 6.07) is 18.1. The summed E-state index contributed by atoms with van der Waals surface area (Å²) in [5.74, 6) is -1.94. The van der Waals surface area contributed by atoms with Crippen LogP contribution in [0.1, 0.15) is 54.9 Å². The fourth-order valence-corrected chi connectivity index (χ4v) is 10.0. The van der Waals surface area contributed by atoms with Crippen molar-refractivity contribution in [1.82, 2.24) is 19.6 Å². The fraction of sp³-hybridized carbons (Fsp3) is 0.378. The number of nitro benzene ring substituents is 1. The van der Waals surface area contributed by atoms with E-state index in [4.69, 9.17) is 25.8 Å². The van der Waals surface area contributed by atoms with Gasteiger partial charge in [-0.1, -0.05) is 29.3 Å². The number of piperazine rings is 1. The number of pyridine rings is 1. The maximum atomic E-state index is 15.5. The molecule has 2 unspecified atom stereocenters. The number of nitrogens with zero attached hydrogens (tertiary/aromatic N) is 4. The molecule has 3 fully saturated rings. The Balaban J connectivity index is 0.953. The van der Waals surface area contributed by atoms with Crippen molar-refractivity contribution < 1.29 is 36.7 Å². The van der Waals surface area contributed by atoms with E-state index in [1.165, 1.54) is 48.2 Å². The van der Waals surface area contributed by atoms with Crippen molar-refractivity contribution in [3.63, 3.8) is 0 Å². The second-order valence-corrected chi connectivity index (χ2v) is 19.0. The minimum atomic E-state index is -4.85. The number of H-pyrrole nitrogens is 1. The third kappa shape index (κ3) is 9.38. The highest BCUT2D eigenvalue weighted by atomic mass is 35.5. The molecule has 1 amide bonds. The Bertz CT molecular complexity index is 2700. The van der Waals surface area contributed by atoms with Crippen LogP contribution in [-0.2, 0) is 19.5 Å². The summed E-state index contributed by atoms with van der Waals surface area (Å²) in [5.41, 5.74) is 4.50. The second-order valence-electron chi connectivity index (χ2n) is 16.8. The number of benzene rings is 3. The molecule has 2 aliphatic carbocycles. The highest BCUT2D eigenvalue weighted by molar-refractivity contribution is 7.90. The van der Waals surface area contributed by atoms with Gasteiger partial charge < -0.3 is 29.4 Å². The van der Waals surface area contributed by atoms with Gasteiger partial charge in [-0.15, -0.1) is 0 Å². The van der Waals surface area contributed by atoms with E-state index in [1.54, 1.807) is 24.4 Å². The molecule has 5 aromatic rings. The molecule has 2 atom stereocenters. The van der Waals surface area contributed by atoms with Crippen LogP contribution in [0.2, 0.25) is 5.02 Å². The minimum absolute atomic E-state index is 0.0225. The Kier molecular flexibility index (Phi) is 11.9. The van der Waals surface area contributed by atoms with Gasteiger partial charge in [0.2, 0.25) is 0 Å². The first-order valence-corrected chi connectivity index (χ1v) is 22.9. The van der Waals surface area contributed by atoms with E-state index in [0.717, 1.165) is 42.0 Å². The van der Waals surface area contributed by atoms with Crippen molar-refractivity contribution in [2.45, 2.75) is 56.1 Å². The Morgan fingerprint density at radius 1 is 1.10 bits per heavy atom. The largest absolute Gasteiger partial charge is 0.455 e. The zero-order valence-corrected chi connectivity index (χ0v) is 36.1. The third-order valence-corrected chi connectivity index (χ3v) is 14.1. The van der Waals surface area contributed by atoms with Crippen LogP contribution in [0.3, 0.4) is 0 Å². The topological polar surface area (TPSA) is 181 Å². The number of carbonyl (C=O) groups is 1. The summed E-state index contributed by atoms with van der Waals surface area (Å²) >= 11 is 6.25. The van der Waals surface area contributed by atoms with Crippen LogP contribution in [0.25, 0.3) is 16.6 Å². The molecule has 4 heterocycles. The number of nitro groups is 1. The second kappa shape index (κ2) is 17.5. The number of allylic oxidation sites excluding steroid dienone is 1. The Morgan fingerprint density at radius 3 is 2.67 bits per heavy atom. The van der Waals surface area contributed by atoms with Gasteiger partial charge in [0, 0.05) is 73.2 Å². The van der Waals surface area contributed by atoms with Gasteiger partial charge in [0.1, 0.15) is 22.8 Å². The minimum Gasteiger partial charge on any atom is -0.455 e. The Hall–Kier alpha value is -5.59. The number of ether oxygens (including phenoxy) is 3. The normalized spacial score (nSPS) is 20.2. The molecule has 4 aliphatic rings. The van der Waals surface area contributed by atoms with Crippen molar-refractivity contribution in [1.29, 1.82) is 0 Å². The number of nitrogens with one attached hydrogen (secondary N) is 3. The Morgan fingerprint density at radius 2 is 1.92 bits per heavy atom. The highest BCUT2D eigenvalue weighted by Gasteiger charge is 2.45.